The standard InChI is InChI=1S/C31H33F6NO6/c1-20(13-14-38(26(39)42-28(2,3)4)44-27(40)43-29(5,6)7)22-11-8-12-25(18-22)41-15-9-10-21-16-23(30(32,33)34)19-24(17-21)31(35,36)37/h8,11-13,16-19H,14-15H2,1-7H3/b20-13+. The number of rotatable bonds is 5. The number of allylic oxidation sites excluding steroid dienone is 1. The van der Waals surface area contributed by atoms with Gasteiger partial charge in [-0.1, -0.05) is 30.0 Å². The van der Waals surface area contributed by atoms with Gasteiger partial charge >= 0.3 is 24.6 Å². The SMILES string of the molecule is C/C(=C\CN(OC(=O)OC(C)(C)C)C(=O)OC(C)(C)C)c1cccc(OCC#Cc2cc(C(F)(F)F)cc(C(F)(F)F)c2)c1. The number of ether oxygens (including phenoxy) is 3. The topological polar surface area (TPSA) is 74.3 Å². The summed E-state index contributed by atoms with van der Waals surface area (Å²) in [6.07, 6.45) is -10.4. The lowest BCUT2D eigenvalue weighted by atomic mass is 10.0. The molecule has 7 nitrogen and oxygen atoms in total. The molecule has 0 atom stereocenters. The number of carbonyl (C=O) groups is 2. The highest BCUT2D eigenvalue weighted by Gasteiger charge is 2.36. The Hall–Kier alpha value is -4.34. The van der Waals surface area contributed by atoms with Crippen LogP contribution in [0.2, 0.25) is 0 Å². The fraction of sp³-hybridized carbons (Fsp3) is 0.419. The summed E-state index contributed by atoms with van der Waals surface area (Å²) in [5.74, 6) is 5.00. The van der Waals surface area contributed by atoms with Gasteiger partial charge in [-0.15, -0.1) is 5.06 Å². The van der Waals surface area contributed by atoms with Crippen molar-refractivity contribution in [2.45, 2.75) is 72.0 Å². The normalized spacial score (nSPS) is 12.5. The summed E-state index contributed by atoms with van der Waals surface area (Å²) in [5.41, 5.74) is -3.88. The Kier molecular flexibility index (Phi) is 11.4. The minimum Gasteiger partial charge on any atom is -0.481 e. The van der Waals surface area contributed by atoms with E-state index in [0.717, 1.165) is 0 Å². The highest BCUT2D eigenvalue weighted by Crippen LogP contribution is 2.36. The zero-order valence-corrected chi connectivity index (χ0v) is 25.2. The molecule has 2 aromatic rings. The first-order valence-electron chi connectivity index (χ1n) is 13.1. The van der Waals surface area contributed by atoms with E-state index >= 15 is 0 Å². The van der Waals surface area contributed by atoms with E-state index in [1.165, 1.54) is 0 Å². The molecule has 0 aliphatic carbocycles. The smallest absolute Gasteiger partial charge is 0.481 e. The van der Waals surface area contributed by atoms with Crippen molar-refractivity contribution in [1.82, 2.24) is 5.06 Å². The van der Waals surface area contributed by atoms with E-state index in [1.54, 1.807) is 78.8 Å². The Morgan fingerprint density at radius 3 is 1.93 bits per heavy atom. The van der Waals surface area contributed by atoms with Crippen LogP contribution in [0.25, 0.3) is 5.57 Å². The van der Waals surface area contributed by atoms with Gasteiger partial charge in [-0.05, 0) is 89.9 Å². The molecule has 0 aliphatic rings. The van der Waals surface area contributed by atoms with Gasteiger partial charge < -0.3 is 14.2 Å². The van der Waals surface area contributed by atoms with Crippen LogP contribution in [0.3, 0.4) is 0 Å². The molecule has 2 rings (SSSR count). The number of hydrogen-bond acceptors (Lipinski definition) is 6. The Morgan fingerprint density at radius 1 is 0.841 bits per heavy atom. The van der Waals surface area contributed by atoms with Crippen molar-refractivity contribution in [3.63, 3.8) is 0 Å². The first-order chi connectivity index (χ1) is 20.0. The summed E-state index contributed by atoms with van der Waals surface area (Å²) in [6.45, 7) is 11.0. The molecule has 0 unspecified atom stereocenters. The first-order valence-corrected chi connectivity index (χ1v) is 13.1. The number of nitrogens with zero attached hydrogens (tertiary/aromatic N) is 1. The summed E-state index contributed by atoms with van der Waals surface area (Å²) >= 11 is 0. The van der Waals surface area contributed by atoms with Crippen LogP contribution in [0.1, 0.15) is 70.7 Å². The molecule has 0 aliphatic heterocycles. The molecule has 0 fully saturated rings. The van der Waals surface area contributed by atoms with Gasteiger partial charge in [0.1, 0.15) is 23.6 Å². The molecule has 240 valence electrons. The van der Waals surface area contributed by atoms with Gasteiger partial charge in [0.15, 0.2) is 0 Å². The maximum absolute atomic E-state index is 13.1. The van der Waals surface area contributed by atoms with E-state index in [-0.39, 0.29) is 19.2 Å². The molecule has 0 saturated carbocycles. The second kappa shape index (κ2) is 14.0. The Balaban J connectivity index is 2.17. The average Bonchev–Trinajstić information content (AvgIpc) is 2.85. The quantitative estimate of drug-likeness (QED) is 0.143. The van der Waals surface area contributed by atoms with E-state index in [9.17, 15) is 35.9 Å². The number of hydroxylamine groups is 2. The molecule has 0 N–H and O–H groups in total. The van der Waals surface area contributed by atoms with E-state index in [0.29, 0.717) is 34.1 Å². The van der Waals surface area contributed by atoms with Crippen molar-refractivity contribution >= 4 is 17.8 Å². The number of hydrogen-bond donors (Lipinski definition) is 0. The van der Waals surface area contributed by atoms with Crippen LogP contribution >= 0.6 is 0 Å². The van der Waals surface area contributed by atoms with Gasteiger partial charge in [0.2, 0.25) is 0 Å². The lowest BCUT2D eigenvalue weighted by Crippen LogP contribution is -2.39. The van der Waals surface area contributed by atoms with Crippen molar-refractivity contribution in [3.8, 4) is 17.6 Å². The van der Waals surface area contributed by atoms with Gasteiger partial charge in [-0.2, -0.15) is 26.3 Å². The van der Waals surface area contributed by atoms with Crippen molar-refractivity contribution in [2.75, 3.05) is 13.2 Å². The van der Waals surface area contributed by atoms with Crippen LogP contribution in [0, 0.1) is 11.8 Å². The third-order valence-electron chi connectivity index (χ3n) is 5.16. The van der Waals surface area contributed by atoms with Crippen LogP contribution in [0.5, 0.6) is 5.75 Å². The zero-order valence-electron chi connectivity index (χ0n) is 25.2. The Bertz CT molecular complexity index is 1390. The second-order valence-corrected chi connectivity index (χ2v) is 11.4. The van der Waals surface area contributed by atoms with E-state index < -0.39 is 52.5 Å². The maximum atomic E-state index is 13.1. The van der Waals surface area contributed by atoms with Crippen LogP contribution in [-0.2, 0) is 26.7 Å². The van der Waals surface area contributed by atoms with E-state index in [2.05, 4.69) is 11.8 Å². The predicted octanol–water partition coefficient (Wildman–Crippen LogP) is 8.66. The molecule has 0 aromatic heterocycles. The number of amides is 1. The monoisotopic (exact) mass is 629 g/mol. The van der Waals surface area contributed by atoms with Crippen LogP contribution in [0.15, 0.2) is 48.5 Å². The van der Waals surface area contributed by atoms with Gasteiger partial charge in [0.25, 0.3) is 0 Å². The molecule has 0 bridgehead atoms. The number of halogens is 6. The predicted molar refractivity (Wildman–Crippen MR) is 149 cm³/mol. The van der Waals surface area contributed by atoms with Crippen molar-refractivity contribution in [2.24, 2.45) is 0 Å². The average molecular weight is 630 g/mol. The zero-order chi connectivity index (χ0) is 33.5. The molecule has 2 aromatic carbocycles. The summed E-state index contributed by atoms with van der Waals surface area (Å²) in [7, 11) is 0. The Morgan fingerprint density at radius 2 is 1.41 bits per heavy atom. The summed E-state index contributed by atoms with van der Waals surface area (Å²) in [4.78, 5) is 29.9. The third kappa shape index (κ3) is 12.5. The fourth-order valence-electron chi connectivity index (χ4n) is 3.27. The number of carbonyl (C=O) groups excluding carboxylic acids is 2. The molecule has 0 heterocycles. The maximum Gasteiger partial charge on any atom is 0.534 e. The second-order valence-electron chi connectivity index (χ2n) is 11.4. The van der Waals surface area contributed by atoms with E-state index in [4.69, 9.17) is 19.0 Å². The van der Waals surface area contributed by atoms with Gasteiger partial charge in [-0.25, -0.2) is 9.59 Å². The van der Waals surface area contributed by atoms with Gasteiger partial charge in [0.05, 0.1) is 17.7 Å². The number of alkyl halides is 6. The highest BCUT2D eigenvalue weighted by atomic mass is 19.4. The molecule has 0 spiro atoms. The Labute approximate surface area is 251 Å². The van der Waals surface area contributed by atoms with Crippen LogP contribution in [-0.4, -0.2) is 41.7 Å². The van der Waals surface area contributed by atoms with Crippen molar-refractivity contribution in [1.29, 1.82) is 0 Å². The van der Waals surface area contributed by atoms with Crippen LogP contribution in [0.4, 0.5) is 35.9 Å². The molecule has 13 heteroatoms. The third-order valence-corrected chi connectivity index (χ3v) is 5.16. The fourth-order valence-corrected chi connectivity index (χ4v) is 3.27. The van der Waals surface area contributed by atoms with Crippen molar-refractivity contribution < 1.29 is 55.0 Å². The molecule has 0 saturated heterocycles. The molecular formula is C31H33F6NO6. The van der Waals surface area contributed by atoms with Gasteiger partial charge in [0, 0.05) is 5.56 Å². The first kappa shape index (κ1) is 35.9. The lowest BCUT2D eigenvalue weighted by molar-refractivity contribution is -0.143. The summed E-state index contributed by atoms with van der Waals surface area (Å²) in [5, 5.41) is 0.705. The van der Waals surface area contributed by atoms with Crippen molar-refractivity contribution in [3.05, 3.63) is 70.8 Å². The minimum absolute atomic E-state index is 0.0272. The molecule has 44 heavy (non-hydrogen) atoms. The summed E-state index contributed by atoms with van der Waals surface area (Å²) in [6, 6.07) is 7.63. The minimum atomic E-state index is -4.98. The molecule has 1 amide bonds. The summed E-state index contributed by atoms with van der Waals surface area (Å²) < 4.78 is 94.3. The van der Waals surface area contributed by atoms with Gasteiger partial charge in [-0.3, -0.25) is 4.84 Å². The lowest BCUT2D eigenvalue weighted by Gasteiger charge is -2.26. The molecule has 0 radical (unpaired) electrons. The highest BCUT2D eigenvalue weighted by molar-refractivity contribution is 5.71. The molecular weight excluding hydrogens is 596 g/mol. The largest absolute Gasteiger partial charge is 0.534 e. The van der Waals surface area contributed by atoms with Crippen LogP contribution < -0.4 is 4.74 Å². The number of benzene rings is 2. The van der Waals surface area contributed by atoms with E-state index in [1.807, 2.05) is 0 Å².